The number of amides is 2. The van der Waals surface area contributed by atoms with E-state index in [2.05, 4.69) is 16.0 Å². The van der Waals surface area contributed by atoms with Crippen LogP contribution in [0.1, 0.15) is 19.8 Å². The first-order chi connectivity index (χ1) is 14.8. The third-order valence-corrected chi connectivity index (χ3v) is 5.26. The van der Waals surface area contributed by atoms with Crippen molar-refractivity contribution in [3.05, 3.63) is 0 Å². The Labute approximate surface area is 188 Å². The summed E-state index contributed by atoms with van der Waals surface area (Å²) in [7, 11) is 1.53. The number of carbonyl (C=O) groups is 5. The molecule has 0 aliphatic rings. The zero-order valence-electron chi connectivity index (χ0n) is 18.0. The van der Waals surface area contributed by atoms with Gasteiger partial charge >= 0.3 is 11.9 Å². The molecular formula is C18H31N3O10S. The van der Waals surface area contributed by atoms with E-state index in [-0.39, 0.29) is 12.2 Å². The summed E-state index contributed by atoms with van der Waals surface area (Å²) >= 11 is 1.18. The number of Topliss-reactive ketones (excluding diaryl/α,β-unsaturated/α-hetero) is 1. The second-order valence-electron chi connectivity index (χ2n) is 7.08. The van der Waals surface area contributed by atoms with Crippen molar-refractivity contribution >= 4 is 41.3 Å². The van der Waals surface area contributed by atoms with Crippen LogP contribution < -0.4 is 16.0 Å². The average molecular weight is 482 g/mol. The molecule has 0 rings (SSSR count). The maximum atomic E-state index is 12.6. The van der Waals surface area contributed by atoms with Crippen LogP contribution in [0.4, 0.5) is 0 Å². The molecule has 0 aromatic heterocycles. The van der Waals surface area contributed by atoms with Crippen LogP contribution in [0.25, 0.3) is 0 Å². The molecule has 0 heterocycles. The van der Waals surface area contributed by atoms with E-state index < -0.39 is 78.8 Å². The van der Waals surface area contributed by atoms with E-state index in [1.165, 1.54) is 18.8 Å². The first-order valence-electron chi connectivity index (χ1n) is 9.61. The molecule has 0 saturated heterocycles. The molecule has 0 aliphatic carbocycles. The average Bonchev–Trinajstić information content (AvgIpc) is 2.74. The lowest BCUT2D eigenvalue weighted by molar-refractivity contribution is -0.157. The van der Waals surface area contributed by atoms with Crippen molar-refractivity contribution in [3.8, 4) is 0 Å². The van der Waals surface area contributed by atoms with E-state index in [0.717, 1.165) is 0 Å². The number of aliphatic carboxylic acids is 2. The number of carbonyl (C=O) groups excluding carboxylic acids is 3. The van der Waals surface area contributed by atoms with Gasteiger partial charge < -0.3 is 41.5 Å². The number of hydrogen-bond donors (Lipinski definition) is 8. The number of thioether (sulfide) groups is 1. The molecule has 0 radical (unpaired) electrons. The Morgan fingerprint density at radius 3 is 2.03 bits per heavy atom. The zero-order chi connectivity index (χ0) is 25.0. The van der Waals surface area contributed by atoms with E-state index >= 15 is 0 Å². The number of aliphatic hydroxyl groups excluding tert-OH is 3. The maximum absolute atomic E-state index is 12.6. The molecule has 32 heavy (non-hydrogen) atoms. The van der Waals surface area contributed by atoms with Gasteiger partial charge in [0.15, 0.2) is 6.10 Å². The maximum Gasteiger partial charge on any atom is 0.335 e. The smallest absolute Gasteiger partial charge is 0.335 e. The third kappa shape index (κ3) is 10.4. The van der Waals surface area contributed by atoms with Crippen LogP contribution in [0.2, 0.25) is 0 Å². The van der Waals surface area contributed by atoms with Gasteiger partial charge in [-0.15, -0.1) is 0 Å². The largest absolute Gasteiger partial charge is 0.480 e. The molecule has 6 atom stereocenters. The highest BCUT2D eigenvalue weighted by molar-refractivity contribution is 7.98. The number of nitrogens with one attached hydrogen (secondary N) is 3. The van der Waals surface area contributed by atoms with E-state index in [4.69, 9.17) is 5.11 Å². The summed E-state index contributed by atoms with van der Waals surface area (Å²) < 4.78 is 0. The Hall–Kier alpha value is -2.26. The molecule has 0 bridgehead atoms. The Kier molecular flexibility index (Phi) is 13.7. The molecule has 0 aliphatic heterocycles. The van der Waals surface area contributed by atoms with Crippen LogP contribution in [0.15, 0.2) is 0 Å². The molecule has 8 N–H and O–H groups in total. The second-order valence-corrected chi connectivity index (χ2v) is 7.99. The van der Waals surface area contributed by atoms with E-state index in [0.29, 0.717) is 0 Å². The number of carboxylic acids is 2. The summed E-state index contributed by atoms with van der Waals surface area (Å²) in [6.45, 7) is 0.917. The highest BCUT2D eigenvalue weighted by Gasteiger charge is 2.32. The van der Waals surface area contributed by atoms with Gasteiger partial charge in [0.05, 0.1) is 12.0 Å². The van der Waals surface area contributed by atoms with Gasteiger partial charge in [-0.2, -0.15) is 11.8 Å². The van der Waals surface area contributed by atoms with Gasteiger partial charge in [-0.05, 0) is 20.2 Å². The summed E-state index contributed by atoms with van der Waals surface area (Å²) in [4.78, 5) is 59.0. The number of carboxylic acid groups (broad SMARTS) is 2. The van der Waals surface area contributed by atoms with Crippen molar-refractivity contribution in [1.82, 2.24) is 16.0 Å². The fourth-order valence-corrected chi connectivity index (χ4v) is 3.02. The fraction of sp³-hybridized carbons (Fsp3) is 0.722. The quantitative estimate of drug-likeness (QED) is 0.109. The topological polar surface area (TPSA) is 223 Å². The lowest BCUT2D eigenvalue weighted by Crippen LogP contribution is -2.49. The standard InChI is InChI=1S/C18H31N3O10S/c1-8(19-2)11(22)4-9(16(27)21-10(7-32-3)17(28)29)5-13(24)20-6-12(23)14(25)15(26)18(30)31/h8-10,12,14-15,19,23,25-26H,4-7H2,1-3H3,(H,20,24)(H,21,27)(H,28,29)(H,30,31)/t8-,9-,10-,12-,14+,15-/m0/s1. The van der Waals surface area contributed by atoms with E-state index in [1.807, 2.05) is 0 Å². The minimum absolute atomic E-state index is 0.0663. The van der Waals surface area contributed by atoms with Crippen LogP contribution in [0.5, 0.6) is 0 Å². The van der Waals surface area contributed by atoms with E-state index in [1.54, 1.807) is 13.2 Å². The molecule has 0 aromatic carbocycles. The normalized spacial score (nSPS) is 16.7. The summed E-state index contributed by atoms with van der Waals surface area (Å²) in [5.41, 5.74) is 0. The van der Waals surface area contributed by atoms with Crippen molar-refractivity contribution < 1.29 is 49.5 Å². The predicted octanol–water partition coefficient (Wildman–Crippen LogP) is -3.22. The van der Waals surface area contributed by atoms with Crippen LogP contribution >= 0.6 is 11.8 Å². The lowest BCUT2D eigenvalue weighted by Gasteiger charge is -2.22. The van der Waals surface area contributed by atoms with Gasteiger partial charge in [0, 0.05) is 25.1 Å². The Bertz CT molecular complexity index is 677. The second kappa shape index (κ2) is 14.7. The summed E-state index contributed by atoms with van der Waals surface area (Å²) in [6, 6.07) is -1.85. The number of hydrogen-bond acceptors (Lipinski definition) is 10. The summed E-state index contributed by atoms with van der Waals surface area (Å²) in [5, 5.41) is 53.5. The minimum atomic E-state index is -2.27. The first-order valence-corrected chi connectivity index (χ1v) is 11.0. The molecular weight excluding hydrogens is 450 g/mol. The van der Waals surface area contributed by atoms with Crippen molar-refractivity contribution in [3.63, 3.8) is 0 Å². The molecule has 0 saturated carbocycles. The molecule has 0 aromatic rings. The molecule has 0 spiro atoms. The van der Waals surface area contributed by atoms with Crippen molar-refractivity contribution in [2.75, 3.05) is 25.6 Å². The van der Waals surface area contributed by atoms with Crippen LogP contribution in [-0.2, 0) is 24.0 Å². The van der Waals surface area contributed by atoms with Crippen LogP contribution in [0.3, 0.4) is 0 Å². The molecule has 184 valence electrons. The Balaban J connectivity index is 5.20. The Morgan fingerprint density at radius 2 is 1.56 bits per heavy atom. The van der Waals surface area contributed by atoms with Crippen molar-refractivity contribution in [2.24, 2.45) is 5.92 Å². The van der Waals surface area contributed by atoms with Gasteiger partial charge in [-0.3, -0.25) is 14.4 Å². The third-order valence-electron chi connectivity index (χ3n) is 4.59. The molecule has 14 heteroatoms. The van der Waals surface area contributed by atoms with Gasteiger partial charge in [-0.1, -0.05) is 0 Å². The zero-order valence-corrected chi connectivity index (χ0v) is 18.8. The van der Waals surface area contributed by atoms with Gasteiger partial charge in [0.25, 0.3) is 0 Å². The molecule has 13 nitrogen and oxygen atoms in total. The summed E-state index contributed by atoms with van der Waals surface area (Å²) in [5.74, 6) is -6.22. The SMILES string of the molecule is CN[C@@H](C)C(=O)C[C@@H](CC(=O)NC[C@H](O)[C@@H](O)[C@H](O)C(=O)O)C(=O)N[C@@H](CSC)C(=O)O. The van der Waals surface area contributed by atoms with Gasteiger partial charge in [0.2, 0.25) is 11.8 Å². The van der Waals surface area contributed by atoms with Gasteiger partial charge in [-0.25, -0.2) is 9.59 Å². The molecule has 0 unspecified atom stereocenters. The van der Waals surface area contributed by atoms with Crippen molar-refractivity contribution in [1.29, 1.82) is 0 Å². The fourth-order valence-electron chi connectivity index (χ4n) is 2.46. The molecule has 2 amide bonds. The van der Waals surface area contributed by atoms with Crippen molar-refractivity contribution in [2.45, 2.75) is 50.2 Å². The lowest BCUT2D eigenvalue weighted by atomic mass is 9.94. The number of ketones is 1. The first kappa shape index (κ1) is 29.7. The van der Waals surface area contributed by atoms with Crippen LogP contribution in [-0.4, -0.2) is 111 Å². The highest BCUT2D eigenvalue weighted by atomic mass is 32.2. The van der Waals surface area contributed by atoms with E-state index in [9.17, 15) is 44.4 Å². The molecule has 0 fully saturated rings. The summed E-state index contributed by atoms with van der Waals surface area (Å²) in [6.07, 6.45) is -5.43. The predicted molar refractivity (Wildman–Crippen MR) is 113 cm³/mol. The number of rotatable bonds is 16. The highest BCUT2D eigenvalue weighted by Crippen LogP contribution is 2.13. The monoisotopic (exact) mass is 481 g/mol. The number of likely N-dealkylation sites (N-methyl/N-ethyl adjacent to an activating group) is 1. The Morgan fingerprint density at radius 1 is 0.969 bits per heavy atom. The van der Waals surface area contributed by atoms with Crippen LogP contribution in [0, 0.1) is 5.92 Å². The van der Waals surface area contributed by atoms with Gasteiger partial charge in [0.1, 0.15) is 24.0 Å². The minimum Gasteiger partial charge on any atom is -0.480 e. The number of aliphatic hydroxyl groups is 3.